The van der Waals surface area contributed by atoms with Crippen molar-refractivity contribution in [1.29, 1.82) is 0 Å². The second-order valence-electron chi connectivity index (χ2n) is 4.94. The molecule has 0 aliphatic carbocycles. The first-order valence-electron chi connectivity index (χ1n) is 7.05. The number of carbonyl (C=O) groups excluding carboxylic acids is 1. The molecule has 3 aromatic heterocycles. The molecule has 0 fully saturated rings. The van der Waals surface area contributed by atoms with Gasteiger partial charge in [0.2, 0.25) is 5.88 Å². The number of furan rings is 1. The Morgan fingerprint density at radius 2 is 2.00 bits per heavy atom. The van der Waals surface area contributed by atoms with E-state index < -0.39 is 0 Å². The summed E-state index contributed by atoms with van der Waals surface area (Å²) in [5, 5.41) is 2.73. The van der Waals surface area contributed by atoms with Gasteiger partial charge in [0.05, 0.1) is 22.9 Å². The van der Waals surface area contributed by atoms with Crippen molar-refractivity contribution in [2.45, 2.75) is 0 Å². The van der Waals surface area contributed by atoms with E-state index in [1.165, 1.54) is 0 Å². The lowest BCUT2D eigenvalue weighted by Gasteiger charge is -2.02. The predicted octanol–water partition coefficient (Wildman–Crippen LogP) is 3.27. The van der Waals surface area contributed by atoms with Gasteiger partial charge < -0.3 is 9.73 Å². The standard InChI is InChI=1S/C17H12N4O2/c22-17(20-12-4-3-9-18-10-12)15-7-8-16(23-15)21-11-19-13-5-1-2-6-14(13)21/h1-11H,(H,20,22). The van der Waals surface area contributed by atoms with Crippen molar-refractivity contribution in [3.05, 3.63) is 73.0 Å². The average Bonchev–Trinajstić information content (AvgIpc) is 3.22. The van der Waals surface area contributed by atoms with Gasteiger partial charge in [0, 0.05) is 12.3 Å². The van der Waals surface area contributed by atoms with Crippen LogP contribution in [0, 0.1) is 0 Å². The SMILES string of the molecule is O=C(Nc1cccnc1)c1ccc(-n2cnc3ccccc32)o1. The third kappa shape index (κ3) is 2.46. The summed E-state index contributed by atoms with van der Waals surface area (Å²) in [7, 11) is 0. The molecule has 6 heteroatoms. The molecular formula is C17H12N4O2. The molecule has 0 saturated carbocycles. The van der Waals surface area contributed by atoms with E-state index in [4.69, 9.17) is 4.42 Å². The van der Waals surface area contributed by atoms with E-state index in [-0.39, 0.29) is 11.7 Å². The second-order valence-corrected chi connectivity index (χ2v) is 4.94. The van der Waals surface area contributed by atoms with E-state index in [2.05, 4.69) is 15.3 Å². The minimum absolute atomic E-state index is 0.224. The predicted molar refractivity (Wildman–Crippen MR) is 85.5 cm³/mol. The molecule has 23 heavy (non-hydrogen) atoms. The number of nitrogens with zero attached hydrogens (tertiary/aromatic N) is 3. The summed E-state index contributed by atoms with van der Waals surface area (Å²) in [6.07, 6.45) is 4.89. The topological polar surface area (TPSA) is 73.0 Å². The van der Waals surface area contributed by atoms with Crippen molar-refractivity contribution in [2.75, 3.05) is 5.32 Å². The zero-order valence-electron chi connectivity index (χ0n) is 12.0. The minimum atomic E-state index is -0.325. The molecule has 1 N–H and O–H groups in total. The molecule has 0 unspecified atom stereocenters. The van der Waals surface area contributed by atoms with Crippen LogP contribution in [-0.4, -0.2) is 20.4 Å². The number of nitrogens with one attached hydrogen (secondary N) is 1. The molecular weight excluding hydrogens is 292 g/mol. The van der Waals surface area contributed by atoms with Crippen molar-refractivity contribution in [1.82, 2.24) is 14.5 Å². The van der Waals surface area contributed by atoms with Crippen LogP contribution in [0.1, 0.15) is 10.6 Å². The molecule has 4 aromatic rings. The van der Waals surface area contributed by atoms with Crippen LogP contribution in [0.4, 0.5) is 5.69 Å². The van der Waals surface area contributed by atoms with E-state index in [1.807, 2.05) is 24.3 Å². The molecule has 3 heterocycles. The summed E-state index contributed by atoms with van der Waals surface area (Å²) in [6, 6.07) is 14.6. The highest BCUT2D eigenvalue weighted by Gasteiger charge is 2.14. The first-order valence-corrected chi connectivity index (χ1v) is 7.05. The molecule has 0 radical (unpaired) electrons. The van der Waals surface area contributed by atoms with Gasteiger partial charge >= 0.3 is 0 Å². The van der Waals surface area contributed by atoms with Crippen LogP contribution < -0.4 is 5.32 Å². The van der Waals surface area contributed by atoms with Gasteiger partial charge in [-0.2, -0.15) is 0 Å². The van der Waals surface area contributed by atoms with Crippen LogP contribution in [0.15, 0.2) is 71.7 Å². The van der Waals surface area contributed by atoms with Gasteiger partial charge in [0.1, 0.15) is 6.33 Å². The summed E-state index contributed by atoms with van der Waals surface area (Å²) in [5.74, 6) is 0.436. The molecule has 1 aromatic carbocycles. The number of para-hydroxylation sites is 2. The number of benzene rings is 1. The molecule has 0 bridgehead atoms. The molecule has 0 aliphatic heterocycles. The van der Waals surface area contributed by atoms with Crippen LogP contribution in [0.25, 0.3) is 16.9 Å². The first-order chi connectivity index (χ1) is 11.3. The minimum Gasteiger partial charge on any atom is -0.435 e. The maximum atomic E-state index is 12.2. The van der Waals surface area contributed by atoms with E-state index >= 15 is 0 Å². The smallest absolute Gasteiger partial charge is 0.291 e. The second kappa shape index (κ2) is 5.42. The molecule has 6 nitrogen and oxygen atoms in total. The van der Waals surface area contributed by atoms with Crippen LogP contribution in [0.2, 0.25) is 0 Å². The number of amides is 1. The molecule has 0 saturated heterocycles. The van der Waals surface area contributed by atoms with E-state index in [0.717, 1.165) is 11.0 Å². The molecule has 112 valence electrons. The number of imidazole rings is 1. The quantitative estimate of drug-likeness (QED) is 0.630. The summed E-state index contributed by atoms with van der Waals surface area (Å²) in [4.78, 5) is 20.5. The monoisotopic (exact) mass is 304 g/mol. The van der Waals surface area contributed by atoms with Crippen molar-refractivity contribution in [3.63, 3.8) is 0 Å². The number of aromatic nitrogens is 3. The van der Waals surface area contributed by atoms with Gasteiger partial charge in [-0.05, 0) is 30.3 Å². The van der Waals surface area contributed by atoms with E-state index in [0.29, 0.717) is 11.6 Å². The van der Waals surface area contributed by atoms with Gasteiger partial charge in [-0.1, -0.05) is 12.1 Å². The molecule has 0 atom stereocenters. The van der Waals surface area contributed by atoms with Gasteiger partial charge in [-0.3, -0.25) is 14.3 Å². The number of anilines is 1. The number of rotatable bonds is 3. The average molecular weight is 304 g/mol. The Hall–Kier alpha value is -3.41. The first kappa shape index (κ1) is 13.3. The van der Waals surface area contributed by atoms with Crippen LogP contribution in [-0.2, 0) is 0 Å². The van der Waals surface area contributed by atoms with Crippen LogP contribution in [0.3, 0.4) is 0 Å². The highest BCUT2D eigenvalue weighted by Crippen LogP contribution is 2.20. The molecule has 1 amide bonds. The fourth-order valence-electron chi connectivity index (χ4n) is 2.34. The zero-order valence-corrected chi connectivity index (χ0v) is 12.0. The zero-order chi connectivity index (χ0) is 15.6. The van der Waals surface area contributed by atoms with Crippen LogP contribution >= 0.6 is 0 Å². The summed E-state index contributed by atoms with van der Waals surface area (Å²) < 4.78 is 7.46. The van der Waals surface area contributed by atoms with Gasteiger partial charge in [-0.15, -0.1) is 0 Å². The Morgan fingerprint density at radius 1 is 1.09 bits per heavy atom. The molecule has 0 spiro atoms. The Balaban J connectivity index is 1.63. The van der Waals surface area contributed by atoms with Crippen molar-refractivity contribution in [3.8, 4) is 5.88 Å². The molecule has 4 rings (SSSR count). The highest BCUT2D eigenvalue weighted by molar-refractivity contribution is 6.02. The maximum absolute atomic E-state index is 12.2. The lowest BCUT2D eigenvalue weighted by molar-refractivity contribution is 0.0996. The molecule has 0 aliphatic rings. The van der Waals surface area contributed by atoms with Crippen LogP contribution in [0.5, 0.6) is 0 Å². The third-order valence-corrected chi connectivity index (χ3v) is 3.43. The van der Waals surface area contributed by atoms with E-state index in [9.17, 15) is 4.79 Å². The van der Waals surface area contributed by atoms with Gasteiger partial charge in [0.25, 0.3) is 5.91 Å². The third-order valence-electron chi connectivity index (χ3n) is 3.43. The number of carbonyl (C=O) groups is 1. The Morgan fingerprint density at radius 3 is 2.87 bits per heavy atom. The number of hydrogen-bond acceptors (Lipinski definition) is 4. The normalized spacial score (nSPS) is 10.8. The van der Waals surface area contributed by atoms with Gasteiger partial charge in [-0.25, -0.2) is 4.98 Å². The summed E-state index contributed by atoms with van der Waals surface area (Å²) in [6.45, 7) is 0. The van der Waals surface area contributed by atoms with Crippen molar-refractivity contribution >= 4 is 22.6 Å². The highest BCUT2D eigenvalue weighted by atomic mass is 16.4. The largest absolute Gasteiger partial charge is 0.435 e. The Bertz CT molecular complexity index is 972. The summed E-state index contributed by atoms with van der Waals surface area (Å²) in [5.41, 5.74) is 2.40. The number of fused-ring (bicyclic) bond motifs is 1. The number of pyridine rings is 1. The van der Waals surface area contributed by atoms with Gasteiger partial charge in [0.15, 0.2) is 5.76 Å². The lowest BCUT2D eigenvalue weighted by Crippen LogP contribution is -2.10. The Labute approximate surface area is 131 Å². The number of hydrogen-bond donors (Lipinski definition) is 1. The fourth-order valence-corrected chi connectivity index (χ4v) is 2.34. The van der Waals surface area contributed by atoms with Crippen molar-refractivity contribution < 1.29 is 9.21 Å². The summed E-state index contributed by atoms with van der Waals surface area (Å²) >= 11 is 0. The van der Waals surface area contributed by atoms with E-state index in [1.54, 1.807) is 47.6 Å². The van der Waals surface area contributed by atoms with Crippen molar-refractivity contribution in [2.24, 2.45) is 0 Å². The maximum Gasteiger partial charge on any atom is 0.291 e. The lowest BCUT2D eigenvalue weighted by atomic mass is 10.3. The fraction of sp³-hybridized carbons (Fsp3) is 0. The Kier molecular flexibility index (Phi) is 3.12.